The van der Waals surface area contributed by atoms with Crippen LogP contribution in [0.2, 0.25) is 0 Å². The van der Waals surface area contributed by atoms with Crippen LogP contribution in [-0.4, -0.2) is 38.6 Å². The molecular weight excluding hydrogens is 394 g/mol. The van der Waals surface area contributed by atoms with Crippen molar-refractivity contribution >= 4 is 22.1 Å². The summed E-state index contributed by atoms with van der Waals surface area (Å²) < 4.78 is 34.8. The van der Waals surface area contributed by atoms with Crippen LogP contribution >= 0.6 is 0 Å². The Morgan fingerprint density at radius 2 is 1.83 bits per heavy atom. The summed E-state index contributed by atoms with van der Waals surface area (Å²) in [6.45, 7) is 0. The number of hydrogen-bond acceptors (Lipinski definition) is 7. The molecule has 0 saturated carbocycles. The van der Waals surface area contributed by atoms with Gasteiger partial charge < -0.3 is 9.47 Å². The second-order valence-corrected chi connectivity index (χ2v) is 7.38. The number of sulfonamides is 1. The lowest BCUT2D eigenvalue weighted by Gasteiger charge is -2.08. The summed E-state index contributed by atoms with van der Waals surface area (Å²) in [7, 11) is -0.723. The molecule has 9 nitrogen and oxygen atoms in total. The largest absolute Gasteiger partial charge is 0.493 e. The smallest absolute Gasteiger partial charge is 0.238 e. The normalized spacial score (nSPS) is 11.4. The van der Waals surface area contributed by atoms with Crippen LogP contribution in [0.3, 0.4) is 0 Å². The van der Waals surface area contributed by atoms with Crippen LogP contribution in [0.4, 0.5) is 5.82 Å². The highest BCUT2D eigenvalue weighted by atomic mass is 32.2. The second kappa shape index (κ2) is 8.14. The van der Waals surface area contributed by atoms with Crippen LogP contribution in [-0.2, 0) is 10.0 Å². The van der Waals surface area contributed by atoms with E-state index in [1.807, 2.05) is 6.07 Å². The molecule has 0 saturated heterocycles. The van der Waals surface area contributed by atoms with Gasteiger partial charge >= 0.3 is 0 Å². The number of rotatable bonds is 6. The molecule has 0 spiro atoms. The van der Waals surface area contributed by atoms with Crippen LogP contribution in [0.25, 0.3) is 5.69 Å². The summed E-state index contributed by atoms with van der Waals surface area (Å²) in [5, 5.41) is 18.7. The number of hydrogen-bond donors (Lipinski definition) is 1. The third-order valence-electron chi connectivity index (χ3n) is 4.02. The van der Waals surface area contributed by atoms with Gasteiger partial charge in [0.2, 0.25) is 10.0 Å². The maximum Gasteiger partial charge on any atom is 0.238 e. The topological polar surface area (TPSA) is 133 Å². The SMILES string of the molecule is COc1ccc(C=Nc2c(C#N)cnn2-c2ccc(S(N)(=O)=O)cc2)cc1OC. The van der Waals surface area contributed by atoms with E-state index in [1.54, 1.807) is 31.5 Å². The van der Waals surface area contributed by atoms with Crippen molar-refractivity contribution in [3.63, 3.8) is 0 Å². The van der Waals surface area contributed by atoms with Crippen LogP contribution in [0.1, 0.15) is 11.1 Å². The number of benzene rings is 2. The average molecular weight is 411 g/mol. The Morgan fingerprint density at radius 1 is 1.14 bits per heavy atom. The Labute approximate surface area is 167 Å². The summed E-state index contributed by atoms with van der Waals surface area (Å²) in [6, 6.07) is 13.1. The Kier molecular flexibility index (Phi) is 5.63. The number of nitriles is 1. The van der Waals surface area contributed by atoms with Crippen LogP contribution in [0.15, 0.2) is 58.5 Å². The van der Waals surface area contributed by atoms with Crippen LogP contribution in [0.5, 0.6) is 11.5 Å². The Morgan fingerprint density at radius 3 is 2.41 bits per heavy atom. The number of ether oxygens (including phenoxy) is 2. The monoisotopic (exact) mass is 411 g/mol. The van der Waals surface area contributed by atoms with E-state index < -0.39 is 10.0 Å². The highest BCUT2D eigenvalue weighted by Crippen LogP contribution is 2.28. The molecule has 0 radical (unpaired) electrons. The fourth-order valence-corrected chi connectivity index (χ4v) is 3.10. The third-order valence-corrected chi connectivity index (χ3v) is 4.95. The second-order valence-electron chi connectivity index (χ2n) is 5.82. The Bertz CT molecular complexity index is 1210. The molecule has 29 heavy (non-hydrogen) atoms. The van der Waals surface area contributed by atoms with Gasteiger partial charge in [0.1, 0.15) is 11.6 Å². The first-order chi connectivity index (χ1) is 13.9. The van der Waals surface area contributed by atoms with Gasteiger partial charge in [-0.1, -0.05) is 0 Å². The van der Waals surface area contributed by atoms with E-state index in [0.29, 0.717) is 23.0 Å². The number of aromatic nitrogens is 2. The summed E-state index contributed by atoms with van der Waals surface area (Å²) in [5.41, 5.74) is 1.51. The van der Waals surface area contributed by atoms with E-state index in [-0.39, 0.29) is 10.5 Å². The number of aliphatic imine (C=N–C) groups is 1. The van der Waals surface area contributed by atoms with Gasteiger partial charge in [0.15, 0.2) is 17.3 Å². The maximum atomic E-state index is 11.4. The summed E-state index contributed by atoms with van der Waals surface area (Å²) in [6.07, 6.45) is 2.95. The maximum absolute atomic E-state index is 11.4. The lowest BCUT2D eigenvalue weighted by molar-refractivity contribution is 0.355. The minimum absolute atomic E-state index is 0.0238. The molecule has 0 aliphatic rings. The Hall–Kier alpha value is -3.68. The molecule has 148 valence electrons. The van der Waals surface area contributed by atoms with Gasteiger partial charge in [-0.25, -0.2) is 23.2 Å². The van der Waals surface area contributed by atoms with Crippen molar-refractivity contribution in [1.29, 1.82) is 5.26 Å². The number of primary sulfonamides is 1. The van der Waals surface area contributed by atoms with E-state index in [2.05, 4.69) is 10.1 Å². The zero-order chi connectivity index (χ0) is 21.0. The first-order valence-electron chi connectivity index (χ1n) is 8.25. The van der Waals surface area contributed by atoms with Crippen molar-refractivity contribution < 1.29 is 17.9 Å². The molecule has 3 rings (SSSR count). The van der Waals surface area contributed by atoms with E-state index in [9.17, 15) is 13.7 Å². The minimum Gasteiger partial charge on any atom is -0.493 e. The molecular formula is C19H17N5O4S. The number of methoxy groups -OCH3 is 2. The van der Waals surface area contributed by atoms with Crippen molar-refractivity contribution in [3.05, 3.63) is 59.8 Å². The van der Waals surface area contributed by atoms with Crippen molar-refractivity contribution in [3.8, 4) is 23.3 Å². The van der Waals surface area contributed by atoms with Crippen LogP contribution < -0.4 is 14.6 Å². The molecule has 0 amide bonds. The molecule has 0 aliphatic carbocycles. The number of nitrogens with two attached hydrogens (primary N) is 1. The molecule has 10 heteroatoms. The zero-order valence-corrected chi connectivity index (χ0v) is 16.4. The fraction of sp³-hybridized carbons (Fsp3) is 0.105. The molecule has 3 aromatic rings. The molecule has 0 bridgehead atoms. The van der Waals surface area contributed by atoms with Crippen molar-refractivity contribution in [2.24, 2.45) is 10.1 Å². The quantitative estimate of drug-likeness (QED) is 0.618. The van der Waals surface area contributed by atoms with E-state index in [1.165, 1.54) is 42.3 Å². The van der Waals surface area contributed by atoms with E-state index in [4.69, 9.17) is 14.6 Å². The van der Waals surface area contributed by atoms with Gasteiger partial charge in [-0.15, -0.1) is 0 Å². The molecule has 2 N–H and O–H groups in total. The lowest BCUT2D eigenvalue weighted by Crippen LogP contribution is -2.12. The van der Waals surface area contributed by atoms with Gasteiger partial charge in [0, 0.05) is 6.21 Å². The predicted octanol–water partition coefficient (Wildman–Crippen LogP) is 2.16. The van der Waals surface area contributed by atoms with Gasteiger partial charge in [-0.2, -0.15) is 10.4 Å². The highest BCUT2D eigenvalue weighted by molar-refractivity contribution is 7.89. The summed E-state index contributed by atoms with van der Waals surface area (Å²) in [5.74, 6) is 1.43. The molecule has 0 unspecified atom stereocenters. The van der Waals surface area contributed by atoms with E-state index in [0.717, 1.165) is 5.56 Å². The van der Waals surface area contributed by atoms with Gasteiger partial charge in [-0.3, -0.25) is 0 Å². The Balaban J connectivity index is 2.00. The summed E-state index contributed by atoms with van der Waals surface area (Å²) >= 11 is 0. The first-order valence-corrected chi connectivity index (χ1v) is 9.79. The molecule has 2 aromatic carbocycles. The van der Waals surface area contributed by atoms with Gasteiger partial charge in [0.25, 0.3) is 0 Å². The summed E-state index contributed by atoms with van der Waals surface area (Å²) in [4.78, 5) is 4.38. The first kappa shape index (κ1) is 20.1. The van der Waals surface area contributed by atoms with Gasteiger partial charge in [0.05, 0.1) is 31.0 Å². The molecule has 0 aliphatic heterocycles. The average Bonchev–Trinajstić information content (AvgIpc) is 3.14. The highest BCUT2D eigenvalue weighted by Gasteiger charge is 2.13. The minimum atomic E-state index is -3.80. The predicted molar refractivity (Wildman–Crippen MR) is 106 cm³/mol. The molecule has 1 aromatic heterocycles. The molecule has 1 heterocycles. The van der Waals surface area contributed by atoms with Crippen LogP contribution in [0, 0.1) is 11.3 Å². The van der Waals surface area contributed by atoms with Crippen molar-refractivity contribution in [2.45, 2.75) is 4.90 Å². The van der Waals surface area contributed by atoms with E-state index >= 15 is 0 Å². The molecule has 0 atom stereocenters. The number of nitrogens with zero attached hydrogens (tertiary/aromatic N) is 4. The molecule has 0 fully saturated rings. The van der Waals surface area contributed by atoms with Gasteiger partial charge in [-0.05, 0) is 48.0 Å². The standard InChI is InChI=1S/C19H17N5O4S/c1-27-17-8-3-13(9-18(17)28-2)11-22-19-14(10-20)12-23-24(19)15-4-6-16(7-5-15)29(21,25)26/h3-9,11-12H,1-2H3,(H2,21,25,26). The zero-order valence-electron chi connectivity index (χ0n) is 15.6. The third kappa shape index (κ3) is 4.26. The fourth-order valence-electron chi connectivity index (χ4n) is 2.58. The van der Waals surface area contributed by atoms with Crippen molar-refractivity contribution in [1.82, 2.24) is 9.78 Å². The van der Waals surface area contributed by atoms with Crippen molar-refractivity contribution in [2.75, 3.05) is 14.2 Å². The lowest BCUT2D eigenvalue weighted by atomic mass is 10.2.